The molecule has 1 heterocycles. The molecule has 4 heteroatoms. The SMILES string of the molecule is C[C]1[C](C)[C](C)[C](C)[C]1C.[Br-].[C-]1[CH][CH][CH][N]1.[Fe+2].[Mg+2]. The maximum absolute atomic E-state index is 3.60. The Morgan fingerprint density at radius 1 is 0.833 bits per heavy atom. The van der Waals surface area contributed by atoms with Crippen LogP contribution in [-0.2, 0) is 17.1 Å². The summed E-state index contributed by atoms with van der Waals surface area (Å²) in [4.78, 5) is 0. The van der Waals surface area contributed by atoms with E-state index < -0.39 is 0 Å². The van der Waals surface area contributed by atoms with Crippen molar-refractivity contribution in [3.63, 3.8) is 0 Å². The molecule has 0 bridgehead atoms. The molecule has 1 aliphatic carbocycles. The summed E-state index contributed by atoms with van der Waals surface area (Å²) in [6, 6.07) is 0. The van der Waals surface area contributed by atoms with Crippen molar-refractivity contribution in [2.45, 2.75) is 34.6 Å². The summed E-state index contributed by atoms with van der Waals surface area (Å²) < 4.78 is 0. The molecule has 18 heavy (non-hydrogen) atoms. The zero-order valence-corrected chi connectivity index (χ0v) is 15.7. The Hall–Kier alpha value is 1.73. The van der Waals surface area contributed by atoms with Crippen LogP contribution in [0.5, 0.6) is 0 Å². The molecule has 2 rings (SSSR count). The maximum Gasteiger partial charge on any atom is 2.00 e. The standard InChI is InChI=1S/C10H15.C4H3N.BrH.Fe.Mg/c1-6-7(2)9(4)10(5)8(6)3;1-2-4-5-3-1;;;/h1-5H3;1-3H;1H;;/q;-1;;2*+2/p-1. The molecule has 1 saturated heterocycles. The average Bonchev–Trinajstić information content (AvgIpc) is 2.86. The predicted octanol–water partition coefficient (Wildman–Crippen LogP) is -0.194. The monoisotopic (exact) mass is 359 g/mol. The summed E-state index contributed by atoms with van der Waals surface area (Å²) in [6.07, 6.45) is 3.60. The van der Waals surface area contributed by atoms with E-state index >= 15 is 0 Å². The first-order valence-electron chi connectivity index (χ1n) is 5.19. The van der Waals surface area contributed by atoms with Crippen LogP contribution in [0.15, 0.2) is 0 Å². The van der Waals surface area contributed by atoms with E-state index in [4.69, 9.17) is 0 Å². The van der Waals surface area contributed by atoms with Gasteiger partial charge in [-0.05, 0) is 29.6 Å². The number of rotatable bonds is 0. The second-order valence-electron chi connectivity index (χ2n) is 3.89. The fourth-order valence-electron chi connectivity index (χ4n) is 1.62. The van der Waals surface area contributed by atoms with Crippen molar-refractivity contribution < 1.29 is 34.1 Å². The van der Waals surface area contributed by atoms with Gasteiger partial charge in [-0.1, -0.05) is 41.0 Å². The van der Waals surface area contributed by atoms with Crippen LogP contribution in [0.1, 0.15) is 34.6 Å². The Balaban J connectivity index is -0.000000245. The Kier molecular flexibility index (Phi) is 17.1. The Morgan fingerprint density at radius 3 is 1.28 bits per heavy atom. The van der Waals surface area contributed by atoms with Gasteiger partial charge >= 0.3 is 40.1 Å². The fourth-order valence-corrected chi connectivity index (χ4v) is 1.62. The molecule has 1 aliphatic heterocycles. The quantitative estimate of drug-likeness (QED) is 0.420. The molecule has 2 fully saturated rings. The Bertz CT molecular complexity index is 138. The first-order valence-corrected chi connectivity index (χ1v) is 5.19. The molecule has 0 N–H and O–H groups in total. The van der Waals surface area contributed by atoms with Crippen LogP contribution in [0, 0.1) is 55.5 Å². The van der Waals surface area contributed by atoms with Gasteiger partial charge in [0.2, 0.25) is 0 Å². The van der Waals surface area contributed by atoms with Crippen LogP contribution < -0.4 is 22.3 Å². The summed E-state index contributed by atoms with van der Waals surface area (Å²) in [5.74, 6) is 7.34. The van der Waals surface area contributed by atoms with Crippen molar-refractivity contribution in [1.82, 2.24) is 5.32 Å². The average molecular weight is 360 g/mol. The molecular formula is C14H18BrFeMgN+2. The molecule has 2 aliphatic rings. The third kappa shape index (κ3) is 6.94. The van der Waals surface area contributed by atoms with Crippen molar-refractivity contribution in [2.24, 2.45) is 0 Å². The van der Waals surface area contributed by atoms with Gasteiger partial charge in [0.1, 0.15) is 0 Å². The van der Waals surface area contributed by atoms with Crippen molar-refractivity contribution in [2.75, 3.05) is 0 Å². The van der Waals surface area contributed by atoms with Gasteiger partial charge in [0, 0.05) is 6.54 Å². The smallest absolute Gasteiger partial charge is 1.00 e. The second-order valence-corrected chi connectivity index (χ2v) is 3.89. The molecular weight excluding hydrogens is 342 g/mol. The molecule has 0 aromatic heterocycles. The molecule has 0 amide bonds. The van der Waals surface area contributed by atoms with Gasteiger partial charge in [-0.15, -0.1) is 0 Å². The molecule has 0 atom stereocenters. The normalized spacial score (nSPS) is 22.5. The topological polar surface area (TPSA) is 14.1 Å². The Labute approximate surface area is 151 Å². The minimum Gasteiger partial charge on any atom is -1.00 e. The van der Waals surface area contributed by atoms with Gasteiger partial charge in [0.25, 0.3) is 0 Å². The summed E-state index contributed by atoms with van der Waals surface area (Å²) in [6.45, 7) is 15.3. The van der Waals surface area contributed by atoms with Gasteiger partial charge in [-0.2, -0.15) is 6.42 Å². The fraction of sp³-hybridized carbons (Fsp3) is 0.357. The third-order valence-corrected chi connectivity index (χ3v) is 3.22. The van der Waals surface area contributed by atoms with E-state index in [9.17, 15) is 0 Å². The van der Waals surface area contributed by atoms with Gasteiger partial charge < -0.3 is 28.8 Å². The van der Waals surface area contributed by atoms with E-state index in [1.807, 2.05) is 6.42 Å². The van der Waals surface area contributed by atoms with Gasteiger partial charge in [0.05, 0.1) is 0 Å². The van der Waals surface area contributed by atoms with Crippen molar-refractivity contribution in [3.05, 3.63) is 55.5 Å². The van der Waals surface area contributed by atoms with Crippen LogP contribution in [0.25, 0.3) is 0 Å². The molecule has 10 radical (unpaired) electrons. The largest absolute Gasteiger partial charge is 2.00 e. The first kappa shape index (κ1) is 24.7. The van der Waals surface area contributed by atoms with Crippen molar-refractivity contribution in [1.29, 1.82) is 0 Å². The molecule has 0 unspecified atom stereocenters. The molecule has 1 saturated carbocycles. The zero-order chi connectivity index (χ0) is 11.4. The zero-order valence-electron chi connectivity index (χ0n) is 11.6. The van der Waals surface area contributed by atoms with E-state index in [-0.39, 0.29) is 57.1 Å². The number of halogens is 1. The number of nitrogens with zero attached hydrogens (tertiary/aromatic N) is 1. The molecule has 0 aromatic rings. The van der Waals surface area contributed by atoms with Gasteiger partial charge in [-0.3, -0.25) is 0 Å². The van der Waals surface area contributed by atoms with Crippen LogP contribution in [0.4, 0.5) is 0 Å². The maximum atomic E-state index is 3.60. The summed E-state index contributed by atoms with van der Waals surface area (Å²) in [5.41, 5.74) is 0. The third-order valence-electron chi connectivity index (χ3n) is 3.22. The van der Waals surface area contributed by atoms with E-state index in [1.54, 1.807) is 13.0 Å². The summed E-state index contributed by atoms with van der Waals surface area (Å²) in [7, 11) is 0. The number of hydrogen-bond acceptors (Lipinski definition) is 0. The summed E-state index contributed by atoms with van der Waals surface area (Å²) >= 11 is 0. The van der Waals surface area contributed by atoms with Crippen LogP contribution in [-0.4, -0.2) is 23.1 Å². The van der Waals surface area contributed by atoms with E-state index in [1.165, 1.54) is 29.6 Å². The van der Waals surface area contributed by atoms with E-state index in [0.717, 1.165) is 0 Å². The van der Waals surface area contributed by atoms with Crippen LogP contribution >= 0.6 is 0 Å². The van der Waals surface area contributed by atoms with Crippen LogP contribution in [0.3, 0.4) is 0 Å². The Morgan fingerprint density at radius 2 is 1.17 bits per heavy atom. The minimum absolute atomic E-state index is 0. The second kappa shape index (κ2) is 12.5. The molecule has 0 spiro atoms. The minimum atomic E-state index is 0. The molecule has 1 nitrogen and oxygen atoms in total. The van der Waals surface area contributed by atoms with Crippen LogP contribution in [0.2, 0.25) is 0 Å². The van der Waals surface area contributed by atoms with Crippen molar-refractivity contribution in [3.8, 4) is 0 Å². The van der Waals surface area contributed by atoms with Gasteiger partial charge in [0.15, 0.2) is 0 Å². The molecule has 94 valence electrons. The first-order chi connectivity index (χ1) is 7.05. The summed E-state index contributed by atoms with van der Waals surface area (Å²) in [5, 5.41) is 3.60. The van der Waals surface area contributed by atoms with Crippen molar-refractivity contribution >= 4 is 23.1 Å². The predicted molar refractivity (Wildman–Crippen MR) is 68.6 cm³/mol. The van der Waals surface area contributed by atoms with E-state index in [2.05, 4.69) is 46.5 Å². The van der Waals surface area contributed by atoms with Gasteiger partial charge in [-0.25, -0.2) is 0 Å². The number of hydrogen-bond donors (Lipinski definition) is 0. The van der Waals surface area contributed by atoms with E-state index in [0.29, 0.717) is 0 Å². The molecule has 0 aromatic carbocycles.